The van der Waals surface area contributed by atoms with Crippen LogP contribution >= 0.6 is 0 Å². The standard InChI is InChI=1S/C12H25N3O/c1-10(8-12(13)14-16)15(2)9-11-6-4-3-5-7-11/h10-11,16H,3-9H2,1-2H3,(H2,13,14). The van der Waals surface area contributed by atoms with Crippen LogP contribution in [0.1, 0.15) is 45.4 Å². The molecule has 1 aliphatic rings. The molecule has 1 aliphatic carbocycles. The predicted octanol–water partition coefficient (Wildman–Crippen LogP) is 2.02. The first kappa shape index (κ1) is 13.3. The molecule has 0 amide bonds. The maximum absolute atomic E-state index is 8.53. The second-order valence-electron chi connectivity index (χ2n) is 5.09. The first-order valence-electron chi connectivity index (χ1n) is 6.30. The molecule has 0 heterocycles. The van der Waals surface area contributed by atoms with Gasteiger partial charge in [-0.3, -0.25) is 0 Å². The second kappa shape index (κ2) is 6.74. The molecule has 1 fully saturated rings. The van der Waals surface area contributed by atoms with E-state index in [1.54, 1.807) is 0 Å². The van der Waals surface area contributed by atoms with Crippen LogP contribution in [0.25, 0.3) is 0 Å². The molecule has 3 N–H and O–H groups in total. The van der Waals surface area contributed by atoms with Crippen LogP contribution in [-0.2, 0) is 0 Å². The van der Waals surface area contributed by atoms with Crippen LogP contribution in [-0.4, -0.2) is 35.6 Å². The quantitative estimate of drug-likeness (QED) is 0.327. The highest BCUT2D eigenvalue weighted by atomic mass is 16.4. The third-order valence-electron chi connectivity index (χ3n) is 3.66. The molecule has 0 bridgehead atoms. The van der Waals surface area contributed by atoms with E-state index in [1.807, 2.05) is 0 Å². The van der Waals surface area contributed by atoms with E-state index >= 15 is 0 Å². The van der Waals surface area contributed by atoms with Gasteiger partial charge in [0, 0.05) is 19.0 Å². The molecule has 1 unspecified atom stereocenters. The molecule has 0 radical (unpaired) electrons. The number of oxime groups is 1. The van der Waals surface area contributed by atoms with Crippen LogP contribution in [0.3, 0.4) is 0 Å². The highest BCUT2D eigenvalue weighted by Gasteiger charge is 2.18. The zero-order valence-corrected chi connectivity index (χ0v) is 10.5. The SMILES string of the molecule is CC(C/C(N)=N/O)N(C)CC1CCCCC1. The normalized spacial score (nSPS) is 21.3. The summed E-state index contributed by atoms with van der Waals surface area (Å²) in [7, 11) is 2.13. The van der Waals surface area contributed by atoms with E-state index in [-0.39, 0.29) is 0 Å². The van der Waals surface area contributed by atoms with Gasteiger partial charge in [0.1, 0.15) is 5.84 Å². The number of rotatable bonds is 5. The van der Waals surface area contributed by atoms with Crippen molar-refractivity contribution in [3.63, 3.8) is 0 Å². The van der Waals surface area contributed by atoms with Gasteiger partial charge >= 0.3 is 0 Å². The van der Waals surface area contributed by atoms with Gasteiger partial charge in [0.15, 0.2) is 0 Å². The van der Waals surface area contributed by atoms with Gasteiger partial charge in [-0.2, -0.15) is 0 Å². The fourth-order valence-corrected chi connectivity index (χ4v) is 2.46. The summed E-state index contributed by atoms with van der Waals surface area (Å²) < 4.78 is 0. The number of nitrogens with zero attached hydrogens (tertiary/aromatic N) is 2. The molecule has 4 heteroatoms. The maximum Gasteiger partial charge on any atom is 0.140 e. The molecule has 94 valence electrons. The van der Waals surface area contributed by atoms with Crippen molar-refractivity contribution in [2.45, 2.75) is 51.5 Å². The monoisotopic (exact) mass is 227 g/mol. The molecule has 0 spiro atoms. The molecule has 0 aliphatic heterocycles. The molecule has 1 atom stereocenters. The lowest BCUT2D eigenvalue weighted by molar-refractivity contribution is 0.193. The second-order valence-corrected chi connectivity index (χ2v) is 5.09. The van der Waals surface area contributed by atoms with Crippen molar-refractivity contribution >= 4 is 5.84 Å². The molecule has 0 saturated heterocycles. The number of nitrogens with two attached hydrogens (primary N) is 1. The first-order valence-corrected chi connectivity index (χ1v) is 6.30. The van der Waals surface area contributed by atoms with Crippen LogP contribution in [0.2, 0.25) is 0 Å². The molecule has 1 saturated carbocycles. The Morgan fingerprint density at radius 2 is 2.06 bits per heavy atom. The summed E-state index contributed by atoms with van der Waals surface area (Å²) in [4.78, 5) is 2.33. The molecule has 1 rings (SSSR count). The zero-order valence-electron chi connectivity index (χ0n) is 10.5. The fraction of sp³-hybridized carbons (Fsp3) is 0.917. The van der Waals surface area contributed by atoms with Gasteiger partial charge < -0.3 is 15.8 Å². The summed E-state index contributed by atoms with van der Waals surface area (Å²) in [5.41, 5.74) is 5.52. The summed E-state index contributed by atoms with van der Waals surface area (Å²) in [5.74, 6) is 1.16. The lowest BCUT2D eigenvalue weighted by Gasteiger charge is -2.30. The van der Waals surface area contributed by atoms with E-state index in [0.29, 0.717) is 18.3 Å². The molecule has 0 aromatic carbocycles. The molecule has 4 nitrogen and oxygen atoms in total. The van der Waals surface area contributed by atoms with Crippen LogP contribution in [0.15, 0.2) is 5.16 Å². The Bertz CT molecular complexity index is 224. The summed E-state index contributed by atoms with van der Waals surface area (Å²) in [5, 5.41) is 11.6. The van der Waals surface area contributed by atoms with Crippen molar-refractivity contribution < 1.29 is 5.21 Å². The van der Waals surface area contributed by atoms with Crippen LogP contribution < -0.4 is 5.73 Å². The minimum atomic E-state index is 0.322. The topological polar surface area (TPSA) is 61.9 Å². The van der Waals surface area contributed by atoms with E-state index in [2.05, 4.69) is 24.0 Å². The molecule has 0 aromatic heterocycles. The molecule has 16 heavy (non-hydrogen) atoms. The van der Waals surface area contributed by atoms with Crippen molar-refractivity contribution in [2.24, 2.45) is 16.8 Å². The molecule has 0 aromatic rings. The third kappa shape index (κ3) is 4.39. The summed E-state index contributed by atoms with van der Waals surface area (Å²) in [6, 6.07) is 0.345. The Balaban J connectivity index is 2.29. The van der Waals surface area contributed by atoms with Crippen LogP contribution in [0, 0.1) is 5.92 Å². The number of hydrogen-bond donors (Lipinski definition) is 2. The summed E-state index contributed by atoms with van der Waals surface area (Å²) in [6.45, 7) is 3.26. The van der Waals surface area contributed by atoms with Crippen molar-refractivity contribution in [2.75, 3.05) is 13.6 Å². The van der Waals surface area contributed by atoms with E-state index in [0.717, 1.165) is 12.5 Å². The average molecular weight is 227 g/mol. The Morgan fingerprint density at radius 3 is 2.62 bits per heavy atom. The summed E-state index contributed by atoms with van der Waals surface area (Å²) >= 11 is 0. The van der Waals surface area contributed by atoms with Gasteiger partial charge in [-0.1, -0.05) is 24.4 Å². The molecular weight excluding hydrogens is 202 g/mol. The highest BCUT2D eigenvalue weighted by molar-refractivity contribution is 5.80. The van der Waals surface area contributed by atoms with Gasteiger partial charge in [-0.15, -0.1) is 0 Å². The van der Waals surface area contributed by atoms with Crippen molar-refractivity contribution in [1.29, 1.82) is 0 Å². The van der Waals surface area contributed by atoms with Gasteiger partial charge in [-0.05, 0) is 32.7 Å². The summed E-state index contributed by atoms with van der Waals surface area (Å²) in [6.07, 6.45) is 7.53. The Hall–Kier alpha value is -0.770. The largest absolute Gasteiger partial charge is 0.409 e. The lowest BCUT2D eigenvalue weighted by atomic mass is 9.88. The Labute approximate surface area is 98.5 Å². The van der Waals surface area contributed by atoms with Crippen LogP contribution in [0.5, 0.6) is 0 Å². The van der Waals surface area contributed by atoms with Crippen LogP contribution in [0.4, 0.5) is 0 Å². The van der Waals surface area contributed by atoms with Gasteiger partial charge in [-0.25, -0.2) is 0 Å². The van der Waals surface area contributed by atoms with Crippen molar-refractivity contribution in [3.8, 4) is 0 Å². The highest BCUT2D eigenvalue weighted by Crippen LogP contribution is 2.24. The average Bonchev–Trinajstić information content (AvgIpc) is 2.30. The van der Waals surface area contributed by atoms with E-state index < -0.39 is 0 Å². The predicted molar refractivity (Wildman–Crippen MR) is 66.7 cm³/mol. The van der Waals surface area contributed by atoms with E-state index in [9.17, 15) is 0 Å². The molecular formula is C12H25N3O. The van der Waals surface area contributed by atoms with Gasteiger partial charge in [0.2, 0.25) is 0 Å². The number of hydrogen-bond acceptors (Lipinski definition) is 3. The Kier molecular flexibility index (Phi) is 5.60. The smallest absolute Gasteiger partial charge is 0.140 e. The maximum atomic E-state index is 8.53. The Morgan fingerprint density at radius 1 is 1.44 bits per heavy atom. The zero-order chi connectivity index (χ0) is 12.0. The van der Waals surface area contributed by atoms with Crippen molar-refractivity contribution in [3.05, 3.63) is 0 Å². The van der Waals surface area contributed by atoms with Gasteiger partial charge in [0.05, 0.1) is 0 Å². The van der Waals surface area contributed by atoms with Gasteiger partial charge in [0.25, 0.3) is 0 Å². The van der Waals surface area contributed by atoms with E-state index in [4.69, 9.17) is 10.9 Å². The third-order valence-corrected chi connectivity index (χ3v) is 3.66. The minimum Gasteiger partial charge on any atom is -0.409 e. The fourth-order valence-electron chi connectivity index (χ4n) is 2.46. The van der Waals surface area contributed by atoms with E-state index in [1.165, 1.54) is 32.1 Å². The lowest BCUT2D eigenvalue weighted by Crippen LogP contribution is -2.37. The van der Waals surface area contributed by atoms with Crippen molar-refractivity contribution in [1.82, 2.24) is 4.90 Å². The number of amidine groups is 1. The first-order chi connectivity index (χ1) is 7.63. The minimum absolute atomic E-state index is 0.322.